The second-order valence-corrected chi connectivity index (χ2v) is 5.25. The van der Waals surface area contributed by atoms with Gasteiger partial charge in [0, 0.05) is 5.41 Å². The summed E-state index contributed by atoms with van der Waals surface area (Å²) >= 11 is 0. The number of ether oxygens (including phenoxy) is 1. The Morgan fingerprint density at radius 3 is 2.56 bits per heavy atom. The van der Waals surface area contributed by atoms with Gasteiger partial charge in [0.15, 0.2) is 0 Å². The molecule has 2 unspecified atom stereocenters. The van der Waals surface area contributed by atoms with Gasteiger partial charge in [0.05, 0.1) is 12.7 Å². The zero-order valence-electron chi connectivity index (χ0n) is 11.6. The van der Waals surface area contributed by atoms with Gasteiger partial charge in [-0.3, -0.25) is 0 Å². The summed E-state index contributed by atoms with van der Waals surface area (Å²) in [5.41, 5.74) is 1.39. The standard InChI is InChI=1S/C16H24O2/c1-4-16(5-2)14(11-15(16)17)12-8-7-9-13(10-12)18-6-3/h7-10,14-15,17H,4-6,11H2,1-3H3. The second kappa shape index (κ2) is 5.31. The van der Waals surface area contributed by atoms with Gasteiger partial charge in [-0.2, -0.15) is 0 Å². The van der Waals surface area contributed by atoms with Gasteiger partial charge in [0.1, 0.15) is 5.75 Å². The Bertz CT molecular complexity index is 396. The number of hydrogen-bond donors (Lipinski definition) is 1. The van der Waals surface area contributed by atoms with Crippen molar-refractivity contribution in [2.45, 2.75) is 52.1 Å². The molecule has 0 aliphatic heterocycles. The smallest absolute Gasteiger partial charge is 0.119 e. The zero-order chi connectivity index (χ0) is 13.2. The van der Waals surface area contributed by atoms with Crippen molar-refractivity contribution in [3.05, 3.63) is 29.8 Å². The van der Waals surface area contributed by atoms with Gasteiger partial charge in [-0.1, -0.05) is 26.0 Å². The predicted octanol–water partition coefficient (Wildman–Crippen LogP) is 3.74. The lowest BCUT2D eigenvalue weighted by Crippen LogP contribution is -2.50. The molecule has 1 saturated carbocycles. The van der Waals surface area contributed by atoms with Crippen molar-refractivity contribution >= 4 is 0 Å². The first-order valence-corrected chi connectivity index (χ1v) is 7.08. The number of aliphatic hydroxyl groups excluding tert-OH is 1. The number of benzene rings is 1. The van der Waals surface area contributed by atoms with Crippen molar-refractivity contribution in [3.63, 3.8) is 0 Å². The number of aliphatic hydroxyl groups is 1. The van der Waals surface area contributed by atoms with Crippen LogP contribution in [0.5, 0.6) is 5.75 Å². The third-order valence-electron chi connectivity index (χ3n) is 4.70. The molecule has 0 aromatic heterocycles. The van der Waals surface area contributed by atoms with Crippen LogP contribution in [0.4, 0.5) is 0 Å². The minimum atomic E-state index is -0.145. The van der Waals surface area contributed by atoms with Crippen molar-refractivity contribution in [3.8, 4) is 5.75 Å². The first kappa shape index (κ1) is 13.4. The highest BCUT2D eigenvalue weighted by molar-refractivity contribution is 5.34. The first-order chi connectivity index (χ1) is 8.67. The van der Waals surface area contributed by atoms with Crippen molar-refractivity contribution in [1.82, 2.24) is 0 Å². The molecule has 100 valence electrons. The average Bonchev–Trinajstić information content (AvgIpc) is 2.38. The lowest BCUT2D eigenvalue weighted by molar-refractivity contribution is -0.0932. The Morgan fingerprint density at radius 1 is 1.28 bits per heavy atom. The fourth-order valence-electron chi connectivity index (χ4n) is 3.43. The molecule has 0 heterocycles. The number of hydrogen-bond acceptors (Lipinski definition) is 2. The van der Waals surface area contributed by atoms with Crippen LogP contribution < -0.4 is 4.74 Å². The molecule has 2 heteroatoms. The molecule has 1 N–H and O–H groups in total. The summed E-state index contributed by atoms with van der Waals surface area (Å²) in [6.07, 6.45) is 2.81. The summed E-state index contributed by atoms with van der Waals surface area (Å²) < 4.78 is 5.57. The van der Waals surface area contributed by atoms with E-state index in [9.17, 15) is 5.11 Å². The maximum Gasteiger partial charge on any atom is 0.119 e. The lowest BCUT2D eigenvalue weighted by Gasteiger charge is -2.53. The Hall–Kier alpha value is -1.02. The molecule has 2 atom stereocenters. The van der Waals surface area contributed by atoms with Crippen LogP contribution in [0.25, 0.3) is 0 Å². The summed E-state index contributed by atoms with van der Waals surface area (Å²) in [7, 11) is 0. The van der Waals surface area contributed by atoms with Crippen LogP contribution in [0.1, 0.15) is 51.5 Å². The molecule has 2 nitrogen and oxygen atoms in total. The molecule has 1 aliphatic rings. The Balaban J connectivity index is 2.24. The normalized spacial score (nSPS) is 25.6. The van der Waals surface area contributed by atoms with E-state index in [1.165, 1.54) is 5.56 Å². The lowest BCUT2D eigenvalue weighted by atomic mass is 9.53. The summed E-state index contributed by atoms with van der Waals surface area (Å²) in [4.78, 5) is 0. The van der Waals surface area contributed by atoms with Gasteiger partial charge in [-0.05, 0) is 49.8 Å². The molecular formula is C16H24O2. The highest BCUT2D eigenvalue weighted by Gasteiger charge is 2.52. The SMILES string of the molecule is CCOc1cccc(C2CC(O)C2(CC)CC)c1. The highest BCUT2D eigenvalue weighted by Crippen LogP contribution is 2.57. The molecule has 0 spiro atoms. The van der Waals surface area contributed by atoms with Gasteiger partial charge < -0.3 is 9.84 Å². The van der Waals surface area contributed by atoms with Crippen molar-refractivity contribution in [2.75, 3.05) is 6.61 Å². The minimum absolute atomic E-state index is 0.0742. The molecule has 0 bridgehead atoms. The topological polar surface area (TPSA) is 29.5 Å². The van der Waals surface area contributed by atoms with Gasteiger partial charge in [0.2, 0.25) is 0 Å². The monoisotopic (exact) mass is 248 g/mol. The van der Waals surface area contributed by atoms with E-state index in [4.69, 9.17) is 4.74 Å². The summed E-state index contributed by atoms with van der Waals surface area (Å²) in [6.45, 7) is 7.07. The quantitative estimate of drug-likeness (QED) is 0.860. The van der Waals surface area contributed by atoms with Crippen molar-refractivity contribution < 1.29 is 9.84 Å². The minimum Gasteiger partial charge on any atom is -0.494 e. The first-order valence-electron chi connectivity index (χ1n) is 7.08. The van der Waals surface area contributed by atoms with Gasteiger partial charge in [-0.25, -0.2) is 0 Å². The van der Waals surface area contributed by atoms with Crippen molar-refractivity contribution in [2.24, 2.45) is 5.41 Å². The summed E-state index contributed by atoms with van der Waals surface area (Å²) in [5, 5.41) is 10.1. The van der Waals surface area contributed by atoms with Crippen LogP contribution in [-0.2, 0) is 0 Å². The third kappa shape index (κ3) is 2.03. The maximum absolute atomic E-state index is 10.1. The van der Waals surface area contributed by atoms with Crippen molar-refractivity contribution in [1.29, 1.82) is 0 Å². The third-order valence-corrected chi connectivity index (χ3v) is 4.70. The molecule has 18 heavy (non-hydrogen) atoms. The van der Waals surface area contributed by atoms with E-state index in [1.807, 2.05) is 13.0 Å². The van der Waals surface area contributed by atoms with E-state index in [2.05, 4.69) is 32.0 Å². The largest absolute Gasteiger partial charge is 0.494 e. The Labute approximate surface area is 110 Å². The van der Waals surface area contributed by atoms with Gasteiger partial charge >= 0.3 is 0 Å². The van der Waals surface area contributed by atoms with Crippen LogP contribution in [0, 0.1) is 5.41 Å². The predicted molar refractivity (Wildman–Crippen MR) is 74.0 cm³/mol. The van der Waals surface area contributed by atoms with E-state index >= 15 is 0 Å². The fraction of sp³-hybridized carbons (Fsp3) is 0.625. The van der Waals surface area contributed by atoms with Crippen LogP contribution in [0.3, 0.4) is 0 Å². The fourth-order valence-corrected chi connectivity index (χ4v) is 3.43. The van der Waals surface area contributed by atoms with Crippen LogP contribution in [0.15, 0.2) is 24.3 Å². The van der Waals surface area contributed by atoms with E-state index in [1.54, 1.807) is 0 Å². The average molecular weight is 248 g/mol. The van der Waals surface area contributed by atoms with E-state index in [0.29, 0.717) is 12.5 Å². The van der Waals surface area contributed by atoms with Crippen LogP contribution in [-0.4, -0.2) is 17.8 Å². The molecule has 2 rings (SSSR count). The highest BCUT2D eigenvalue weighted by atomic mass is 16.5. The molecule has 1 aromatic rings. The molecular weight excluding hydrogens is 224 g/mol. The molecule has 1 aromatic carbocycles. The van der Waals surface area contributed by atoms with E-state index in [-0.39, 0.29) is 11.5 Å². The Morgan fingerprint density at radius 2 is 2.00 bits per heavy atom. The molecule has 0 saturated heterocycles. The van der Waals surface area contributed by atoms with Crippen LogP contribution in [0.2, 0.25) is 0 Å². The molecule has 1 fully saturated rings. The second-order valence-electron chi connectivity index (χ2n) is 5.25. The maximum atomic E-state index is 10.1. The zero-order valence-corrected chi connectivity index (χ0v) is 11.6. The molecule has 1 aliphatic carbocycles. The van der Waals surface area contributed by atoms with Crippen LogP contribution >= 0.6 is 0 Å². The summed E-state index contributed by atoms with van der Waals surface area (Å²) in [6, 6.07) is 8.36. The molecule has 0 amide bonds. The van der Waals surface area contributed by atoms with Gasteiger partial charge in [-0.15, -0.1) is 0 Å². The van der Waals surface area contributed by atoms with E-state index < -0.39 is 0 Å². The van der Waals surface area contributed by atoms with E-state index in [0.717, 1.165) is 25.0 Å². The number of rotatable bonds is 5. The summed E-state index contributed by atoms with van der Waals surface area (Å²) in [5.74, 6) is 1.42. The van der Waals surface area contributed by atoms with Gasteiger partial charge in [0.25, 0.3) is 0 Å². The Kier molecular flexibility index (Phi) is 3.96. The molecule has 0 radical (unpaired) electrons.